The van der Waals surface area contributed by atoms with Crippen molar-refractivity contribution in [1.29, 1.82) is 0 Å². The molecule has 0 amide bonds. The maximum atomic E-state index is 13.9. The first-order valence-corrected chi connectivity index (χ1v) is 10.4. The lowest BCUT2D eigenvalue weighted by Crippen LogP contribution is -2.18. The van der Waals surface area contributed by atoms with Crippen LogP contribution in [0.1, 0.15) is 22.3 Å². The zero-order chi connectivity index (χ0) is 23.0. The summed E-state index contributed by atoms with van der Waals surface area (Å²) in [5.74, 6) is 0.451. The number of alkyl halides is 6. The van der Waals surface area contributed by atoms with Gasteiger partial charge in [0.05, 0.1) is 7.11 Å². The van der Waals surface area contributed by atoms with Gasteiger partial charge in [-0.1, -0.05) is 23.3 Å². The fourth-order valence-electron chi connectivity index (χ4n) is 3.17. The van der Waals surface area contributed by atoms with E-state index in [-0.39, 0.29) is 9.79 Å². The largest absolute Gasteiger partial charge is 0.497 e. The third-order valence-corrected chi connectivity index (χ3v) is 6.95. The number of hydrogen-bond acceptors (Lipinski definition) is 1. The van der Waals surface area contributed by atoms with Gasteiger partial charge >= 0.3 is 12.4 Å². The third kappa shape index (κ3) is 5.01. The molecule has 3 rings (SSSR count). The minimum atomic E-state index is -4.72. The zero-order valence-corrected chi connectivity index (χ0v) is 17.7. The Morgan fingerprint density at radius 3 is 1.42 bits per heavy atom. The maximum Gasteiger partial charge on any atom is 0.421 e. The maximum absolute atomic E-state index is 13.9. The Kier molecular flexibility index (Phi) is 6.32. The van der Waals surface area contributed by atoms with Crippen molar-refractivity contribution in [2.75, 3.05) is 7.11 Å². The molecule has 3 aromatic carbocycles. The smallest absolute Gasteiger partial charge is 0.421 e. The summed E-state index contributed by atoms with van der Waals surface area (Å²) in [7, 11) is -0.224. The Morgan fingerprint density at radius 1 is 0.645 bits per heavy atom. The van der Waals surface area contributed by atoms with Crippen LogP contribution in [0.2, 0.25) is 0 Å². The number of benzene rings is 3. The van der Waals surface area contributed by atoms with E-state index in [1.807, 2.05) is 0 Å². The van der Waals surface area contributed by atoms with Crippen LogP contribution in [0.4, 0.5) is 26.3 Å². The molecule has 0 spiro atoms. The highest BCUT2D eigenvalue weighted by Gasteiger charge is 2.46. The quantitative estimate of drug-likeness (QED) is 0.292. The van der Waals surface area contributed by atoms with Crippen molar-refractivity contribution in [2.24, 2.45) is 0 Å². The van der Waals surface area contributed by atoms with E-state index in [9.17, 15) is 26.3 Å². The molecule has 0 aliphatic rings. The first-order valence-electron chi connectivity index (χ1n) is 9.16. The van der Waals surface area contributed by atoms with Crippen molar-refractivity contribution >= 4 is 10.9 Å². The van der Waals surface area contributed by atoms with Crippen LogP contribution in [-0.2, 0) is 23.2 Å². The lowest BCUT2D eigenvalue weighted by atomic mass is 10.1. The van der Waals surface area contributed by atoms with E-state index in [1.54, 1.807) is 0 Å². The fourth-order valence-corrected chi connectivity index (χ4v) is 5.52. The minimum Gasteiger partial charge on any atom is -0.497 e. The van der Waals surface area contributed by atoms with Crippen molar-refractivity contribution in [3.8, 4) is 5.75 Å². The van der Waals surface area contributed by atoms with Crippen LogP contribution < -0.4 is 4.74 Å². The van der Waals surface area contributed by atoms with Gasteiger partial charge in [-0.25, -0.2) is 0 Å². The average molecular weight is 457 g/mol. The zero-order valence-electron chi connectivity index (χ0n) is 16.9. The molecule has 0 unspecified atom stereocenters. The molecule has 0 saturated carbocycles. The first-order chi connectivity index (χ1) is 14.4. The summed E-state index contributed by atoms with van der Waals surface area (Å²) in [4.78, 5) is -0.0975. The van der Waals surface area contributed by atoms with Crippen molar-refractivity contribution in [2.45, 2.75) is 40.9 Å². The SMILES string of the molecule is COc1ccc([S+](c2ccc(C)cc2C(F)(F)F)c2ccc(C)cc2C(F)(F)F)cc1. The summed E-state index contributed by atoms with van der Waals surface area (Å²) in [6.45, 7) is 3.02. The minimum absolute atomic E-state index is 0.211. The van der Waals surface area contributed by atoms with Gasteiger partial charge < -0.3 is 4.74 Å². The second kappa shape index (κ2) is 8.49. The van der Waals surface area contributed by atoms with E-state index in [4.69, 9.17) is 4.74 Å². The number of methoxy groups -OCH3 is 1. The number of halogens is 6. The summed E-state index contributed by atoms with van der Waals surface area (Å²) < 4.78 is 88.5. The monoisotopic (exact) mass is 457 g/mol. The molecular weight excluding hydrogens is 438 g/mol. The van der Waals surface area contributed by atoms with Crippen molar-refractivity contribution in [3.63, 3.8) is 0 Å². The van der Waals surface area contributed by atoms with E-state index in [0.717, 1.165) is 12.1 Å². The molecule has 0 saturated heterocycles. The van der Waals surface area contributed by atoms with Gasteiger partial charge in [0.1, 0.15) is 27.8 Å². The van der Waals surface area contributed by atoms with Crippen LogP contribution in [0.3, 0.4) is 0 Å². The Balaban J connectivity index is 2.36. The van der Waals surface area contributed by atoms with Crippen LogP contribution in [0.5, 0.6) is 5.75 Å². The molecule has 31 heavy (non-hydrogen) atoms. The van der Waals surface area contributed by atoms with Crippen molar-refractivity contribution < 1.29 is 31.1 Å². The van der Waals surface area contributed by atoms with Gasteiger partial charge in [-0.3, -0.25) is 0 Å². The van der Waals surface area contributed by atoms with E-state index in [2.05, 4.69) is 0 Å². The standard InChI is InChI=1S/C23H19F6OS/c1-14-4-10-20(18(12-14)22(24,25)26)31(17-8-6-16(30-3)7-9-17)21-11-5-15(2)13-19(21)23(27,28)29/h4-13H,1-3H3/q+1. The fraction of sp³-hybridized carbons (Fsp3) is 0.217. The number of aryl methyl sites for hydroxylation is 2. The van der Waals surface area contributed by atoms with E-state index >= 15 is 0 Å². The van der Waals surface area contributed by atoms with Crippen molar-refractivity contribution in [1.82, 2.24) is 0 Å². The van der Waals surface area contributed by atoms with Crippen LogP contribution in [0, 0.1) is 13.8 Å². The summed E-state index contributed by atoms with van der Waals surface area (Å²) in [5, 5.41) is 0. The van der Waals surface area contributed by atoms with Crippen molar-refractivity contribution in [3.05, 3.63) is 82.9 Å². The molecule has 0 aliphatic heterocycles. The van der Waals surface area contributed by atoms with Gasteiger partial charge in [-0.15, -0.1) is 0 Å². The van der Waals surface area contributed by atoms with Crippen LogP contribution in [0.15, 0.2) is 75.4 Å². The predicted octanol–water partition coefficient (Wildman–Crippen LogP) is 7.45. The Labute approximate surface area is 179 Å². The normalized spacial score (nSPS) is 12.3. The van der Waals surface area contributed by atoms with Gasteiger partial charge in [0.15, 0.2) is 14.7 Å². The topological polar surface area (TPSA) is 9.23 Å². The summed E-state index contributed by atoms with van der Waals surface area (Å²) in [6.07, 6.45) is -9.44. The molecule has 0 aliphatic carbocycles. The highest BCUT2D eigenvalue weighted by molar-refractivity contribution is 7.97. The summed E-state index contributed by atoms with van der Waals surface area (Å²) in [6, 6.07) is 13.5. The predicted molar refractivity (Wildman–Crippen MR) is 108 cm³/mol. The molecule has 1 nitrogen and oxygen atoms in total. The lowest BCUT2D eigenvalue weighted by Gasteiger charge is -2.18. The number of rotatable bonds is 4. The second-order valence-corrected chi connectivity index (χ2v) is 8.94. The highest BCUT2D eigenvalue weighted by atomic mass is 32.2. The molecule has 0 atom stereocenters. The van der Waals surface area contributed by atoms with Gasteiger partial charge in [0.2, 0.25) is 0 Å². The number of ether oxygens (including phenoxy) is 1. The highest BCUT2D eigenvalue weighted by Crippen LogP contribution is 2.45. The van der Waals surface area contributed by atoms with Gasteiger partial charge in [0.25, 0.3) is 0 Å². The molecule has 0 aromatic heterocycles. The van der Waals surface area contributed by atoms with Crippen LogP contribution in [-0.4, -0.2) is 7.11 Å². The molecule has 0 radical (unpaired) electrons. The lowest BCUT2D eigenvalue weighted by molar-refractivity contribution is -0.140. The van der Waals surface area contributed by atoms with Crippen LogP contribution >= 0.6 is 0 Å². The molecule has 0 bridgehead atoms. The number of hydrogen-bond donors (Lipinski definition) is 0. The third-order valence-electron chi connectivity index (χ3n) is 4.62. The van der Waals surface area contributed by atoms with Gasteiger partial charge in [-0.2, -0.15) is 26.3 Å². The summed E-state index contributed by atoms with van der Waals surface area (Å²) in [5.41, 5.74) is -1.15. The molecule has 164 valence electrons. The molecule has 0 fully saturated rings. The Morgan fingerprint density at radius 2 is 1.06 bits per heavy atom. The van der Waals surface area contributed by atoms with Gasteiger partial charge in [0, 0.05) is 0 Å². The van der Waals surface area contributed by atoms with E-state index in [1.165, 1.54) is 69.5 Å². The molecular formula is C23H19F6OS+. The molecule has 3 aromatic rings. The van der Waals surface area contributed by atoms with E-state index in [0.29, 0.717) is 21.8 Å². The molecule has 0 heterocycles. The summed E-state index contributed by atoms with van der Waals surface area (Å²) >= 11 is 0. The van der Waals surface area contributed by atoms with E-state index < -0.39 is 34.4 Å². The van der Waals surface area contributed by atoms with Gasteiger partial charge in [-0.05, 0) is 62.4 Å². The second-order valence-electron chi connectivity index (χ2n) is 6.98. The van der Waals surface area contributed by atoms with Crippen LogP contribution in [0.25, 0.3) is 0 Å². The average Bonchev–Trinajstić information content (AvgIpc) is 2.69. The molecule has 8 heteroatoms. The first kappa shape index (κ1) is 23.1. The Hall–Kier alpha value is -2.61. The Bertz CT molecular complexity index is 1010. The molecule has 0 N–H and O–H groups in total.